The van der Waals surface area contributed by atoms with E-state index in [1.54, 1.807) is 7.11 Å². The van der Waals surface area contributed by atoms with E-state index >= 15 is 0 Å². The van der Waals surface area contributed by atoms with Crippen LogP contribution in [-0.4, -0.2) is 50.7 Å². The number of rotatable bonds is 4. The van der Waals surface area contributed by atoms with E-state index in [0.29, 0.717) is 12.4 Å². The number of phenols is 1. The molecule has 1 atom stereocenters. The van der Waals surface area contributed by atoms with Crippen LogP contribution in [0.1, 0.15) is 18.1 Å². The average Bonchev–Trinajstić information content (AvgIpc) is 2.53. The van der Waals surface area contributed by atoms with Crippen molar-refractivity contribution < 1.29 is 9.84 Å². The zero-order valence-electron chi connectivity index (χ0n) is 11.6. The number of hydrogen-bond donors (Lipinski definition) is 2. The van der Waals surface area contributed by atoms with Gasteiger partial charge in [0.2, 0.25) is 0 Å². The van der Waals surface area contributed by atoms with Crippen molar-refractivity contribution in [2.45, 2.75) is 25.8 Å². The van der Waals surface area contributed by atoms with Crippen LogP contribution in [0, 0.1) is 0 Å². The number of fused-ring (bicyclic) bond motifs is 1. The molecular formula is C14H21BN2O2. The number of methoxy groups -OCH3 is 1. The van der Waals surface area contributed by atoms with Crippen LogP contribution in [0.25, 0.3) is 0 Å². The molecule has 2 N–H and O–H groups in total. The topological polar surface area (TPSA) is 44.7 Å². The van der Waals surface area contributed by atoms with Gasteiger partial charge >= 0.3 is 0 Å². The van der Waals surface area contributed by atoms with E-state index in [0.717, 1.165) is 31.6 Å². The van der Waals surface area contributed by atoms with E-state index in [9.17, 15) is 5.11 Å². The Labute approximate surface area is 116 Å². The fraction of sp³-hybridized carbons (Fsp3) is 0.571. The van der Waals surface area contributed by atoms with Crippen molar-refractivity contribution in [2.75, 3.05) is 32.1 Å². The summed E-state index contributed by atoms with van der Waals surface area (Å²) in [5.41, 5.74) is 3.22. The second-order valence-corrected chi connectivity index (χ2v) is 5.17. The molecule has 1 heterocycles. The molecule has 0 fully saturated rings. The summed E-state index contributed by atoms with van der Waals surface area (Å²) in [6, 6.07) is 4.05. The van der Waals surface area contributed by atoms with Crippen molar-refractivity contribution in [2.24, 2.45) is 0 Å². The van der Waals surface area contributed by atoms with Crippen molar-refractivity contribution in [3.05, 3.63) is 23.3 Å². The van der Waals surface area contributed by atoms with Gasteiger partial charge in [-0.2, -0.15) is 0 Å². The van der Waals surface area contributed by atoms with Gasteiger partial charge in [0.15, 0.2) is 7.98 Å². The van der Waals surface area contributed by atoms with Gasteiger partial charge in [0.05, 0.1) is 12.3 Å². The van der Waals surface area contributed by atoms with E-state index in [2.05, 4.69) is 5.32 Å². The summed E-state index contributed by atoms with van der Waals surface area (Å²) in [4.78, 5) is 1.83. The minimum absolute atomic E-state index is 0.158. The van der Waals surface area contributed by atoms with Gasteiger partial charge in [0, 0.05) is 13.2 Å². The van der Waals surface area contributed by atoms with E-state index < -0.39 is 0 Å². The Balaban J connectivity index is 2.18. The molecule has 0 spiro atoms. The molecule has 0 saturated carbocycles. The fourth-order valence-corrected chi connectivity index (χ4v) is 2.45. The number of hydrogen-bond acceptors (Lipinski definition) is 4. The van der Waals surface area contributed by atoms with Crippen molar-refractivity contribution in [1.82, 2.24) is 4.81 Å². The molecule has 1 aliphatic heterocycles. The molecule has 0 aliphatic carbocycles. The number of nitrogens with one attached hydrogen (secondary N) is 1. The Morgan fingerprint density at radius 3 is 2.63 bits per heavy atom. The number of aromatic hydroxyl groups is 1. The standard InChI is InChI=1S/C14H21BN2O2/c1-10(9-19-2)16-13-7-11-3-5-17(15)6-4-12(11)8-14(13)18/h7-8,10,16,18H,3-6,9H2,1-2H3. The first-order chi connectivity index (χ1) is 9.10. The van der Waals surface area contributed by atoms with Crippen molar-refractivity contribution in [3.63, 3.8) is 0 Å². The molecule has 1 aromatic carbocycles. The highest BCUT2D eigenvalue weighted by Crippen LogP contribution is 2.30. The Kier molecular flexibility index (Phi) is 4.72. The lowest BCUT2D eigenvalue weighted by molar-refractivity contribution is 0.190. The highest BCUT2D eigenvalue weighted by Gasteiger charge is 2.15. The lowest BCUT2D eigenvalue weighted by Gasteiger charge is -2.17. The van der Waals surface area contributed by atoms with E-state index in [1.165, 1.54) is 11.1 Å². The lowest BCUT2D eigenvalue weighted by atomic mass is 10.0. The molecule has 1 aliphatic rings. The molecule has 1 unspecified atom stereocenters. The number of anilines is 1. The summed E-state index contributed by atoms with van der Waals surface area (Å²) in [5.74, 6) is 0.298. The van der Waals surface area contributed by atoms with Crippen LogP contribution in [0.5, 0.6) is 5.75 Å². The first kappa shape index (κ1) is 14.2. The van der Waals surface area contributed by atoms with E-state index in [1.807, 2.05) is 23.9 Å². The molecule has 2 rings (SSSR count). The van der Waals surface area contributed by atoms with Crippen molar-refractivity contribution >= 4 is 13.7 Å². The van der Waals surface area contributed by atoms with Gasteiger partial charge < -0.3 is 20.0 Å². The van der Waals surface area contributed by atoms with Gasteiger partial charge in [0.25, 0.3) is 0 Å². The number of ether oxygens (including phenoxy) is 1. The lowest BCUT2D eigenvalue weighted by Crippen LogP contribution is -2.22. The molecular weight excluding hydrogens is 239 g/mol. The quantitative estimate of drug-likeness (QED) is 0.633. The van der Waals surface area contributed by atoms with Crippen LogP contribution in [0.15, 0.2) is 12.1 Å². The van der Waals surface area contributed by atoms with Gasteiger partial charge in [0.1, 0.15) is 5.75 Å². The summed E-state index contributed by atoms with van der Waals surface area (Å²) in [7, 11) is 7.52. The fourth-order valence-electron chi connectivity index (χ4n) is 2.45. The third-order valence-electron chi connectivity index (χ3n) is 3.47. The summed E-state index contributed by atoms with van der Waals surface area (Å²) >= 11 is 0. The van der Waals surface area contributed by atoms with Crippen LogP contribution in [0.3, 0.4) is 0 Å². The minimum atomic E-state index is 0.158. The van der Waals surface area contributed by atoms with Crippen molar-refractivity contribution in [3.8, 4) is 5.75 Å². The normalized spacial score (nSPS) is 17.6. The maximum Gasteiger partial charge on any atom is 0.182 e. The molecule has 0 amide bonds. The van der Waals surface area contributed by atoms with Crippen molar-refractivity contribution in [1.29, 1.82) is 0 Å². The Morgan fingerprint density at radius 1 is 1.37 bits per heavy atom. The number of nitrogens with zero attached hydrogens (tertiary/aromatic N) is 1. The highest BCUT2D eigenvalue weighted by molar-refractivity contribution is 6.04. The Hall–Kier alpha value is -1.20. The second-order valence-electron chi connectivity index (χ2n) is 5.17. The highest BCUT2D eigenvalue weighted by atomic mass is 16.5. The zero-order chi connectivity index (χ0) is 13.8. The second kappa shape index (κ2) is 6.30. The maximum absolute atomic E-state index is 10.1. The van der Waals surface area contributed by atoms with Crippen LogP contribution in [0.2, 0.25) is 0 Å². The summed E-state index contributed by atoms with van der Waals surface area (Å²) < 4.78 is 5.10. The zero-order valence-corrected chi connectivity index (χ0v) is 11.6. The predicted molar refractivity (Wildman–Crippen MR) is 77.8 cm³/mol. The number of benzene rings is 1. The smallest absolute Gasteiger partial charge is 0.182 e. The third kappa shape index (κ3) is 3.64. The first-order valence-electron chi connectivity index (χ1n) is 6.70. The predicted octanol–water partition coefficient (Wildman–Crippen LogP) is 1.32. The van der Waals surface area contributed by atoms with Gasteiger partial charge in [-0.25, -0.2) is 0 Å². The summed E-state index contributed by atoms with van der Waals surface area (Å²) in [6.45, 7) is 4.31. The number of phenolic OH excluding ortho intramolecular Hbond substituents is 1. The molecule has 1 aromatic rings. The van der Waals surface area contributed by atoms with Crippen LogP contribution in [-0.2, 0) is 17.6 Å². The molecule has 0 bridgehead atoms. The summed E-state index contributed by atoms with van der Waals surface area (Å²) in [5, 5.41) is 13.4. The monoisotopic (exact) mass is 260 g/mol. The molecule has 0 saturated heterocycles. The third-order valence-corrected chi connectivity index (χ3v) is 3.47. The molecule has 0 aromatic heterocycles. The van der Waals surface area contributed by atoms with Gasteiger partial charge in [-0.1, -0.05) is 0 Å². The molecule has 2 radical (unpaired) electrons. The molecule has 102 valence electrons. The molecule has 5 heteroatoms. The van der Waals surface area contributed by atoms with Gasteiger partial charge in [-0.05, 0) is 56.1 Å². The average molecular weight is 260 g/mol. The molecule has 4 nitrogen and oxygen atoms in total. The van der Waals surface area contributed by atoms with E-state index in [-0.39, 0.29) is 6.04 Å². The van der Waals surface area contributed by atoms with Gasteiger partial charge in [-0.15, -0.1) is 0 Å². The van der Waals surface area contributed by atoms with Gasteiger partial charge in [-0.3, -0.25) is 0 Å². The van der Waals surface area contributed by atoms with Crippen LogP contribution >= 0.6 is 0 Å². The Bertz CT molecular complexity index is 440. The van der Waals surface area contributed by atoms with Crippen LogP contribution < -0.4 is 5.32 Å². The maximum atomic E-state index is 10.1. The summed E-state index contributed by atoms with van der Waals surface area (Å²) in [6.07, 6.45) is 1.80. The molecule has 19 heavy (non-hydrogen) atoms. The van der Waals surface area contributed by atoms with Crippen LogP contribution in [0.4, 0.5) is 5.69 Å². The SMILES string of the molecule is [B]N1CCc2cc(O)c(NC(C)COC)cc2CC1. The van der Waals surface area contributed by atoms with E-state index in [4.69, 9.17) is 12.7 Å². The largest absolute Gasteiger partial charge is 0.506 e. The Morgan fingerprint density at radius 2 is 2.00 bits per heavy atom. The first-order valence-corrected chi connectivity index (χ1v) is 6.70. The minimum Gasteiger partial charge on any atom is -0.506 e.